The number of hydrogen-bond acceptors (Lipinski definition) is 11. The first kappa shape index (κ1) is 35.0. The minimum atomic E-state index is -1.02. The zero-order valence-corrected chi connectivity index (χ0v) is 27.7. The Morgan fingerprint density at radius 1 is 0.882 bits per heavy atom. The summed E-state index contributed by atoms with van der Waals surface area (Å²) in [5.41, 5.74) is 8.91. The highest BCUT2D eigenvalue weighted by Crippen LogP contribution is 2.34. The van der Waals surface area contributed by atoms with Crippen LogP contribution in [0.3, 0.4) is 0 Å². The molecule has 14 heteroatoms. The van der Waals surface area contributed by atoms with Crippen molar-refractivity contribution in [1.82, 2.24) is 25.7 Å². The number of fused-ring (bicyclic) bond motifs is 1. The minimum Gasteiger partial charge on any atom is -0.507 e. The van der Waals surface area contributed by atoms with Crippen LogP contribution in [-0.4, -0.2) is 69.6 Å². The number of anilines is 1. The lowest BCUT2D eigenvalue weighted by molar-refractivity contribution is -0.136. The van der Waals surface area contributed by atoms with E-state index in [1.54, 1.807) is 18.2 Å². The molecule has 51 heavy (non-hydrogen) atoms. The standard InChI is InChI=1S/C37H37FN6O7/c38-24-11-13-29(45)26(19-24)27-20-31(34(39)43-42-27)51-18-15-22-7-9-23(10-8-22)21-40-16-2-1-3-17-50-30-6-4-5-25-33(30)37(49)44(36(25)48)28-12-14-32(46)41-35(28)47/h4-11,13,19-20,28,40,45H,1-3,12,14-18,21H2,(H2,39,43)(H,41,46,47). The van der Waals surface area contributed by atoms with Crippen LogP contribution < -0.4 is 25.8 Å². The first-order valence-corrected chi connectivity index (χ1v) is 16.7. The predicted molar refractivity (Wildman–Crippen MR) is 183 cm³/mol. The smallest absolute Gasteiger partial charge is 0.266 e. The third-order valence-electron chi connectivity index (χ3n) is 8.71. The van der Waals surface area contributed by atoms with Gasteiger partial charge in [-0.1, -0.05) is 30.3 Å². The monoisotopic (exact) mass is 696 g/mol. The van der Waals surface area contributed by atoms with Crippen molar-refractivity contribution < 1.29 is 38.1 Å². The number of aromatic hydroxyl groups is 1. The molecule has 0 radical (unpaired) electrons. The summed E-state index contributed by atoms with van der Waals surface area (Å²) < 4.78 is 25.4. The lowest BCUT2D eigenvalue weighted by Gasteiger charge is -2.27. The summed E-state index contributed by atoms with van der Waals surface area (Å²) in [4.78, 5) is 51.0. The average Bonchev–Trinajstić information content (AvgIpc) is 3.37. The van der Waals surface area contributed by atoms with Crippen LogP contribution in [-0.2, 0) is 22.6 Å². The van der Waals surface area contributed by atoms with E-state index in [-0.39, 0.29) is 46.8 Å². The number of nitrogens with zero attached hydrogens (tertiary/aromatic N) is 3. The third kappa shape index (κ3) is 8.13. The van der Waals surface area contributed by atoms with Crippen molar-refractivity contribution in [2.75, 3.05) is 25.5 Å². The van der Waals surface area contributed by atoms with E-state index >= 15 is 0 Å². The molecule has 5 N–H and O–H groups in total. The highest BCUT2D eigenvalue weighted by atomic mass is 19.1. The molecule has 1 saturated heterocycles. The van der Waals surface area contributed by atoms with E-state index in [0.29, 0.717) is 37.7 Å². The quantitative estimate of drug-likeness (QED) is 0.104. The van der Waals surface area contributed by atoms with E-state index < -0.39 is 35.5 Å². The van der Waals surface area contributed by atoms with Gasteiger partial charge in [-0.3, -0.25) is 29.4 Å². The maximum absolute atomic E-state index is 13.7. The normalized spacial score (nSPS) is 15.5. The van der Waals surface area contributed by atoms with Gasteiger partial charge in [-0.25, -0.2) is 4.39 Å². The number of aromatic nitrogens is 2. The number of nitrogen functional groups attached to an aromatic ring is 1. The van der Waals surface area contributed by atoms with Gasteiger partial charge in [0.25, 0.3) is 11.8 Å². The number of imide groups is 2. The molecule has 1 fully saturated rings. The molecule has 6 rings (SSSR count). The Morgan fingerprint density at radius 2 is 1.67 bits per heavy atom. The topological polar surface area (TPSA) is 186 Å². The summed E-state index contributed by atoms with van der Waals surface area (Å²) >= 11 is 0. The molecular weight excluding hydrogens is 659 g/mol. The second kappa shape index (κ2) is 15.8. The van der Waals surface area contributed by atoms with Crippen LogP contribution in [0, 0.1) is 5.82 Å². The number of piperidine rings is 1. The van der Waals surface area contributed by atoms with Crippen LogP contribution in [0.1, 0.15) is 63.9 Å². The second-order valence-corrected chi connectivity index (χ2v) is 12.3. The van der Waals surface area contributed by atoms with Crippen LogP contribution in [0.2, 0.25) is 0 Å². The Balaban J connectivity index is 0.884. The van der Waals surface area contributed by atoms with Crippen LogP contribution in [0.15, 0.2) is 66.7 Å². The molecule has 0 saturated carbocycles. The summed E-state index contributed by atoms with van der Waals surface area (Å²) in [6.45, 7) is 2.20. The molecule has 1 atom stereocenters. The lowest BCUT2D eigenvalue weighted by Crippen LogP contribution is -2.54. The number of carbonyl (C=O) groups is 4. The summed E-state index contributed by atoms with van der Waals surface area (Å²) in [6, 6.07) is 17.1. The predicted octanol–water partition coefficient (Wildman–Crippen LogP) is 3.93. The van der Waals surface area contributed by atoms with Crippen molar-refractivity contribution in [3.05, 3.63) is 94.8 Å². The molecule has 13 nitrogen and oxygen atoms in total. The van der Waals surface area contributed by atoms with E-state index in [9.17, 15) is 28.7 Å². The van der Waals surface area contributed by atoms with Gasteiger partial charge in [0.1, 0.15) is 29.1 Å². The number of unbranched alkanes of at least 4 members (excludes halogenated alkanes) is 2. The van der Waals surface area contributed by atoms with Crippen molar-refractivity contribution in [3.8, 4) is 28.5 Å². The van der Waals surface area contributed by atoms with Gasteiger partial charge in [0.15, 0.2) is 11.6 Å². The fraction of sp³-hybridized carbons (Fsp3) is 0.297. The number of halogens is 1. The molecule has 2 aliphatic heterocycles. The maximum atomic E-state index is 13.7. The van der Waals surface area contributed by atoms with Crippen molar-refractivity contribution in [2.24, 2.45) is 0 Å². The maximum Gasteiger partial charge on any atom is 0.266 e. The van der Waals surface area contributed by atoms with Crippen molar-refractivity contribution in [1.29, 1.82) is 0 Å². The number of rotatable bonds is 15. The number of phenolic OH excluding ortho intramolecular Hbond substituents is 1. The molecule has 2 aliphatic rings. The highest BCUT2D eigenvalue weighted by molar-refractivity contribution is 6.24. The van der Waals surface area contributed by atoms with Gasteiger partial charge in [0.2, 0.25) is 11.8 Å². The molecule has 0 spiro atoms. The summed E-state index contributed by atoms with van der Waals surface area (Å²) in [5, 5.41) is 23.6. The Labute approximate surface area is 293 Å². The zero-order valence-electron chi connectivity index (χ0n) is 27.7. The Kier molecular flexibility index (Phi) is 10.8. The number of hydrogen-bond donors (Lipinski definition) is 4. The van der Waals surface area contributed by atoms with Gasteiger partial charge in [0.05, 0.1) is 24.3 Å². The van der Waals surface area contributed by atoms with E-state index in [2.05, 4.69) is 33.0 Å². The molecule has 4 aromatic rings. The second-order valence-electron chi connectivity index (χ2n) is 12.3. The van der Waals surface area contributed by atoms with E-state index in [0.717, 1.165) is 47.9 Å². The molecule has 4 amide bonds. The zero-order chi connectivity index (χ0) is 35.9. The summed E-state index contributed by atoms with van der Waals surface area (Å²) in [5.74, 6) is -2.15. The van der Waals surface area contributed by atoms with E-state index in [1.165, 1.54) is 18.2 Å². The number of benzene rings is 3. The van der Waals surface area contributed by atoms with Gasteiger partial charge >= 0.3 is 0 Å². The molecule has 1 unspecified atom stereocenters. The average molecular weight is 697 g/mol. The number of nitrogens with two attached hydrogens (primary N) is 1. The van der Waals surface area contributed by atoms with Gasteiger partial charge < -0.3 is 25.6 Å². The molecule has 0 aliphatic carbocycles. The molecule has 0 bridgehead atoms. The minimum absolute atomic E-state index is 0.0610. The largest absolute Gasteiger partial charge is 0.507 e. The van der Waals surface area contributed by atoms with Crippen molar-refractivity contribution in [2.45, 2.75) is 51.1 Å². The lowest BCUT2D eigenvalue weighted by atomic mass is 10.0. The van der Waals surface area contributed by atoms with Crippen molar-refractivity contribution >= 4 is 29.4 Å². The number of carbonyl (C=O) groups excluding carboxylic acids is 4. The number of phenols is 1. The number of ether oxygens (including phenoxy) is 2. The molecule has 264 valence electrons. The summed E-state index contributed by atoms with van der Waals surface area (Å²) in [7, 11) is 0. The first-order chi connectivity index (χ1) is 24.7. The first-order valence-electron chi connectivity index (χ1n) is 16.7. The number of amides is 4. The van der Waals surface area contributed by atoms with Crippen LogP contribution in [0.25, 0.3) is 11.3 Å². The van der Waals surface area contributed by atoms with Crippen LogP contribution in [0.4, 0.5) is 10.2 Å². The fourth-order valence-corrected chi connectivity index (χ4v) is 6.00. The Morgan fingerprint density at radius 3 is 2.47 bits per heavy atom. The molecule has 3 heterocycles. The van der Waals surface area contributed by atoms with Gasteiger partial charge in [-0.15, -0.1) is 10.2 Å². The summed E-state index contributed by atoms with van der Waals surface area (Å²) in [6.07, 6.45) is 3.33. The molecular formula is C37H37FN6O7. The number of nitrogens with one attached hydrogen (secondary N) is 2. The van der Waals surface area contributed by atoms with E-state index in [4.69, 9.17) is 15.2 Å². The fourth-order valence-electron chi connectivity index (χ4n) is 6.00. The van der Waals surface area contributed by atoms with Gasteiger partial charge in [-0.2, -0.15) is 0 Å². The van der Waals surface area contributed by atoms with Crippen molar-refractivity contribution in [3.63, 3.8) is 0 Å². The van der Waals surface area contributed by atoms with Crippen LogP contribution in [0.5, 0.6) is 17.2 Å². The molecule has 1 aromatic heterocycles. The van der Waals surface area contributed by atoms with Gasteiger partial charge in [-0.05, 0) is 73.7 Å². The highest BCUT2D eigenvalue weighted by Gasteiger charge is 2.46. The SMILES string of the molecule is Nc1nnc(-c2cc(F)ccc2O)cc1OCCc1ccc(CNCCCCCOc2cccc3c2C(=O)N(C2CCC(=O)NC2=O)C3=O)cc1. The Hall–Kier alpha value is -5.89. The van der Waals surface area contributed by atoms with Crippen LogP contribution >= 0.6 is 0 Å². The third-order valence-corrected chi connectivity index (χ3v) is 8.71. The Bertz CT molecular complexity index is 1950. The molecule has 3 aromatic carbocycles. The van der Waals surface area contributed by atoms with E-state index in [1.807, 2.05) is 12.1 Å². The van der Waals surface area contributed by atoms with Gasteiger partial charge in [0, 0.05) is 31.0 Å².